The van der Waals surface area contributed by atoms with Crippen molar-refractivity contribution in [2.45, 2.75) is 18.5 Å². The van der Waals surface area contributed by atoms with Gasteiger partial charge in [-0.25, -0.2) is 9.97 Å². The molecule has 1 aromatic heterocycles. The first-order valence-corrected chi connectivity index (χ1v) is 20.6. The smallest absolute Gasteiger partial charge is 0.235 e. The lowest BCUT2D eigenvalue weighted by Crippen LogP contribution is -2.38. The summed E-state index contributed by atoms with van der Waals surface area (Å²) >= 11 is 0. The van der Waals surface area contributed by atoms with E-state index in [-0.39, 0.29) is 6.17 Å². The van der Waals surface area contributed by atoms with E-state index in [1.165, 1.54) is 22.3 Å². The minimum Gasteiger partial charge on any atom is -0.404 e. The molecule has 1 unspecified atom stereocenters. The minimum atomic E-state index is -0.574. The standard InChI is InChI=1S/C54H41N7/c1-37(57-45-26-12-8-18-38(45)35-55)59-49-30-16-17-31-50(49)61(53-56-36-39-19-9-13-27-46(39)58-53)52-34-42(32-33-51(52)59)60-47-28-14-10-24-43(47)54(40-20-4-2-5-21-40,41-22-6-3-7-23-41)44-25-11-15-29-48(44)60/h2-37H,55H2,1H3/b38-35-,57-45?. The molecular formula is C54H41N7. The van der Waals surface area contributed by atoms with Crippen LogP contribution in [-0.4, -0.2) is 21.8 Å². The van der Waals surface area contributed by atoms with E-state index in [9.17, 15) is 0 Å². The van der Waals surface area contributed by atoms with Crippen LogP contribution < -0.4 is 20.4 Å². The van der Waals surface area contributed by atoms with Gasteiger partial charge in [0.15, 0.2) is 0 Å². The molecule has 61 heavy (non-hydrogen) atoms. The highest BCUT2D eigenvalue weighted by atomic mass is 15.4. The van der Waals surface area contributed by atoms with Gasteiger partial charge in [0.25, 0.3) is 0 Å². The highest BCUT2D eigenvalue weighted by Gasteiger charge is 2.46. The van der Waals surface area contributed by atoms with Gasteiger partial charge in [0.2, 0.25) is 5.95 Å². The van der Waals surface area contributed by atoms with Gasteiger partial charge in [0, 0.05) is 29.0 Å². The van der Waals surface area contributed by atoms with Gasteiger partial charge in [-0.2, -0.15) is 0 Å². The van der Waals surface area contributed by atoms with Crippen molar-refractivity contribution in [2.75, 3.05) is 14.7 Å². The number of aromatic nitrogens is 2. The van der Waals surface area contributed by atoms with E-state index in [0.29, 0.717) is 5.95 Å². The Kier molecular flexibility index (Phi) is 8.67. The fourth-order valence-corrected chi connectivity index (χ4v) is 9.53. The number of aliphatic imine (C=N–C) groups is 1. The van der Waals surface area contributed by atoms with Crippen LogP contribution in [0, 0.1) is 0 Å². The number of nitrogens with two attached hydrogens (primary N) is 1. The molecule has 2 aliphatic heterocycles. The summed E-state index contributed by atoms with van der Waals surface area (Å²) in [7, 11) is 0. The first kappa shape index (κ1) is 36.1. The third-order valence-electron chi connectivity index (χ3n) is 12.1. The Balaban J connectivity index is 1.16. The zero-order valence-electron chi connectivity index (χ0n) is 33.5. The normalized spacial score (nSPS) is 16.6. The van der Waals surface area contributed by atoms with Gasteiger partial charge in [-0.05, 0) is 83.8 Å². The number of fused-ring (bicyclic) bond motifs is 5. The van der Waals surface area contributed by atoms with E-state index in [2.05, 4.69) is 173 Å². The Morgan fingerprint density at radius 1 is 0.574 bits per heavy atom. The van der Waals surface area contributed by atoms with Crippen LogP contribution in [0.1, 0.15) is 29.2 Å². The van der Waals surface area contributed by atoms with Crippen LogP contribution in [0.4, 0.5) is 45.8 Å². The quantitative estimate of drug-likeness (QED) is 0.181. The molecule has 3 aliphatic rings. The second kappa shape index (κ2) is 14.7. The maximum absolute atomic E-state index is 6.09. The minimum absolute atomic E-state index is 0.305. The summed E-state index contributed by atoms with van der Waals surface area (Å²) in [5, 5.41) is 0.983. The van der Waals surface area contributed by atoms with Crippen molar-refractivity contribution in [3.63, 3.8) is 0 Å². The lowest BCUT2D eigenvalue weighted by Gasteiger charge is -2.47. The van der Waals surface area contributed by atoms with Crippen molar-refractivity contribution in [3.05, 3.63) is 240 Å². The lowest BCUT2D eigenvalue weighted by atomic mass is 9.62. The first-order chi connectivity index (χ1) is 30.1. The number of allylic oxidation sites excluding steroid dienone is 5. The van der Waals surface area contributed by atoms with Crippen LogP contribution in [0.5, 0.6) is 0 Å². The van der Waals surface area contributed by atoms with Crippen molar-refractivity contribution in [2.24, 2.45) is 10.7 Å². The molecular weight excluding hydrogens is 747 g/mol. The van der Waals surface area contributed by atoms with Crippen LogP contribution in [-0.2, 0) is 5.41 Å². The molecule has 7 aromatic carbocycles. The second-order valence-electron chi connectivity index (χ2n) is 15.4. The van der Waals surface area contributed by atoms with E-state index in [4.69, 9.17) is 20.7 Å². The Labute approximate surface area is 355 Å². The molecule has 0 spiro atoms. The molecule has 0 bridgehead atoms. The summed E-state index contributed by atoms with van der Waals surface area (Å²) in [5.74, 6) is 0.587. The van der Waals surface area contributed by atoms with Gasteiger partial charge in [-0.15, -0.1) is 0 Å². The van der Waals surface area contributed by atoms with Crippen LogP contribution in [0.3, 0.4) is 0 Å². The number of benzene rings is 7. The lowest BCUT2D eigenvalue weighted by molar-refractivity contribution is 0.731. The van der Waals surface area contributed by atoms with Gasteiger partial charge < -0.3 is 15.5 Å². The van der Waals surface area contributed by atoms with E-state index in [0.717, 1.165) is 62.0 Å². The number of nitrogens with zero attached hydrogens (tertiary/aromatic N) is 6. The number of hydrogen-bond donors (Lipinski definition) is 1. The van der Waals surface area contributed by atoms with Crippen molar-refractivity contribution in [3.8, 4) is 0 Å². The third kappa shape index (κ3) is 5.69. The average Bonchev–Trinajstić information content (AvgIpc) is 3.32. The molecule has 0 saturated carbocycles. The molecule has 1 aliphatic carbocycles. The largest absolute Gasteiger partial charge is 0.404 e. The fraction of sp³-hybridized carbons (Fsp3) is 0.0556. The molecule has 3 heterocycles. The Morgan fingerprint density at radius 2 is 1.15 bits per heavy atom. The predicted octanol–water partition coefficient (Wildman–Crippen LogP) is 12.5. The molecule has 7 nitrogen and oxygen atoms in total. The highest BCUT2D eigenvalue weighted by molar-refractivity contribution is 6.12. The van der Waals surface area contributed by atoms with Crippen LogP contribution in [0.15, 0.2) is 223 Å². The molecule has 0 saturated heterocycles. The molecule has 0 amide bonds. The summed E-state index contributed by atoms with van der Waals surface area (Å²) in [4.78, 5) is 22.4. The van der Waals surface area contributed by atoms with Gasteiger partial charge in [-0.1, -0.05) is 146 Å². The Hall–Kier alpha value is -8.03. The van der Waals surface area contributed by atoms with Crippen LogP contribution in [0.25, 0.3) is 10.9 Å². The zero-order chi connectivity index (χ0) is 40.9. The van der Waals surface area contributed by atoms with Gasteiger partial charge in [0.1, 0.15) is 6.17 Å². The van der Waals surface area contributed by atoms with E-state index in [1.807, 2.05) is 54.8 Å². The van der Waals surface area contributed by atoms with Crippen LogP contribution in [0.2, 0.25) is 0 Å². The molecule has 0 radical (unpaired) electrons. The number of anilines is 8. The van der Waals surface area contributed by atoms with Gasteiger partial charge in [0.05, 0.1) is 50.8 Å². The van der Waals surface area contributed by atoms with Crippen LogP contribution >= 0.6 is 0 Å². The molecule has 8 aromatic rings. The third-order valence-corrected chi connectivity index (χ3v) is 12.1. The topological polar surface area (TPSA) is 73.9 Å². The van der Waals surface area contributed by atoms with Gasteiger partial charge in [-0.3, -0.25) is 9.89 Å². The SMILES string of the molecule is CC(N=C1C=CC=C/C1=C/N)N1c2ccccc2N(c2ncc3ccccc3n2)c2cc(N3c4ccccc4C(c4ccccc4)(c4ccccc4)c4ccccc43)ccc21. The molecule has 11 rings (SSSR count). The molecule has 0 fully saturated rings. The van der Waals surface area contributed by atoms with Crippen molar-refractivity contribution in [1.29, 1.82) is 0 Å². The Morgan fingerprint density at radius 3 is 1.84 bits per heavy atom. The molecule has 292 valence electrons. The number of rotatable bonds is 6. The summed E-state index contributed by atoms with van der Waals surface area (Å²) in [6, 6.07) is 62.9. The van der Waals surface area contributed by atoms with Crippen molar-refractivity contribution in [1.82, 2.24) is 9.97 Å². The summed E-state index contributed by atoms with van der Waals surface area (Å²) < 4.78 is 0. The summed E-state index contributed by atoms with van der Waals surface area (Å²) in [6.07, 6.45) is 11.2. The van der Waals surface area contributed by atoms with Gasteiger partial charge >= 0.3 is 0 Å². The molecule has 7 heteroatoms. The van der Waals surface area contributed by atoms with E-state index >= 15 is 0 Å². The summed E-state index contributed by atoms with van der Waals surface area (Å²) in [6.45, 7) is 2.13. The second-order valence-corrected chi connectivity index (χ2v) is 15.4. The molecule has 2 N–H and O–H groups in total. The maximum atomic E-state index is 6.09. The highest BCUT2D eigenvalue weighted by Crippen LogP contribution is 2.59. The Bertz CT molecular complexity index is 3010. The number of hydrogen-bond acceptors (Lipinski definition) is 7. The molecule has 1 atom stereocenters. The average molecular weight is 788 g/mol. The van der Waals surface area contributed by atoms with E-state index < -0.39 is 5.41 Å². The monoisotopic (exact) mass is 787 g/mol. The predicted molar refractivity (Wildman–Crippen MR) is 250 cm³/mol. The first-order valence-electron chi connectivity index (χ1n) is 20.6. The van der Waals surface area contributed by atoms with Crippen molar-refractivity contribution < 1.29 is 0 Å². The zero-order valence-corrected chi connectivity index (χ0v) is 33.5. The van der Waals surface area contributed by atoms with Crippen molar-refractivity contribution >= 4 is 62.4 Å². The fourth-order valence-electron chi connectivity index (χ4n) is 9.53. The summed E-state index contributed by atoms with van der Waals surface area (Å²) in [5.41, 5.74) is 20.0. The maximum Gasteiger partial charge on any atom is 0.235 e. The number of para-hydroxylation sites is 5. The van der Waals surface area contributed by atoms with E-state index in [1.54, 1.807) is 6.20 Å².